The van der Waals surface area contributed by atoms with Crippen LogP contribution in [0.4, 0.5) is 0 Å². The van der Waals surface area contributed by atoms with Crippen LogP contribution in [-0.4, -0.2) is 5.11 Å². The molecule has 2 heteroatoms. The number of hydrogen-bond donors (Lipinski definition) is 2. The monoisotopic (exact) mass is 235 g/mol. The third-order valence-corrected chi connectivity index (χ3v) is 3.16. The summed E-state index contributed by atoms with van der Waals surface area (Å²) in [6, 6.07) is 4.11. The van der Waals surface area contributed by atoms with Crippen LogP contribution in [0.25, 0.3) is 0 Å². The topological polar surface area (TPSA) is 46.2 Å². The van der Waals surface area contributed by atoms with Crippen molar-refractivity contribution in [1.29, 1.82) is 0 Å². The summed E-state index contributed by atoms with van der Waals surface area (Å²) >= 11 is 0. The van der Waals surface area contributed by atoms with Crippen molar-refractivity contribution < 1.29 is 5.11 Å². The molecule has 0 atom stereocenters. The van der Waals surface area contributed by atoms with Crippen LogP contribution in [0.5, 0.6) is 5.75 Å². The van der Waals surface area contributed by atoms with E-state index in [9.17, 15) is 5.11 Å². The average molecular weight is 235 g/mol. The maximum atomic E-state index is 10.2. The highest BCUT2D eigenvalue weighted by Crippen LogP contribution is 2.27. The van der Waals surface area contributed by atoms with E-state index in [1.54, 1.807) is 0 Å². The minimum atomic E-state index is 0.504. The zero-order chi connectivity index (χ0) is 12.7. The molecule has 17 heavy (non-hydrogen) atoms. The van der Waals surface area contributed by atoms with Gasteiger partial charge in [-0.3, -0.25) is 0 Å². The van der Waals surface area contributed by atoms with E-state index in [1.807, 2.05) is 0 Å². The summed E-state index contributed by atoms with van der Waals surface area (Å²) in [6.07, 6.45) is 6.45. The van der Waals surface area contributed by atoms with Gasteiger partial charge in [0.05, 0.1) is 0 Å². The summed E-state index contributed by atoms with van der Waals surface area (Å²) in [5.41, 5.74) is 8.99. The van der Waals surface area contributed by atoms with Gasteiger partial charge in [-0.05, 0) is 42.4 Å². The zero-order valence-electron chi connectivity index (χ0n) is 11.1. The van der Waals surface area contributed by atoms with Gasteiger partial charge in [0, 0.05) is 6.54 Å². The Morgan fingerprint density at radius 1 is 1.00 bits per heavy atom. The van der Waals surface area contributed by atoms with Crippen LogP contribution >= 0.6 is 0 Å². The van der Waals surface area contributed by atoms with Gasteiger partial charge in [-0.25, -0.2) is 0 Å². The van der Waals surface area contributed by atoms with Gasteiger partial charge >= 0.3 is 0 Å². The Balaban J connectivity index is 2.94. The van der Waals surface area contributed by atoms with Crippen LogP contribution in [0.1, 0.15) is 56.2 Å². The molecule has 0 heterocycles. The lowest BCUT2D eigenvalue weighted by atomic mass is 9.97. The molecule has 0 unspecified atom stereocenters. The number of phenols is 1. The number of benzene rings is 1. The summed E-state index contributed by atoms with van der Waals surface area (Å²) in [4.78, 5) is 0. The Labute approximate surface area is 105 Å². The van der Waals surface area contributed by atoms with E-state index in [0.29, 0.717) is 12.3 Å². The van der Waals surface area contributed by atoms with Crippen molar-refractivity contribution in [3.63, 3.8) is 0 Å². The van der Waals surface area contributed by atoms with Crippen LogP contribution in [-0.2, 0) is 19.4 Å². The first-order valence-electron chi connectivity index (χ1n) is 6.76. The molecule has 0 aromatic heterocycles. The quantitative estimate of drug-likeness (QED) is 0.759. The summed E-state index contributed by atoms with van der Waals surface area (Å²) in [6.45, 7) is 4.89. The predicted molar refractivity (Wildman–Crippen MR) is 73.2 cm³/mol. The van der Waals surface area contributed by atoms with Crippen molar-refractivity contribution >= 4 is 0 Å². The fourth-order valence-electron chi connectivity index (χ4n) is 2.07. The van der Waals surface area contributed by atoms with Gasteiger partial charge in [0.2, 0.25) is 0 Å². The number of hydrogen-bond acceptors (Lipinski definition) is 2. The highest BCUT2D eigenvalue weighted by Gasteiger charge is 2.09. The van der Waals surface area contributed by atoms with E-state index in [4.69, 9.17) is 5.73 Å². The van der Waals surface area contributed by atoms with E-state index in [1.165, 1.54) is 0 Å². The van der Waals surface area contributed by atoms with E-state index in [2.05, 4.69) is 26.0 Å². The van der Waals surface area contributed by atoms with Crippen molar-refractivity contribution in [2.24, 2.45) is 5.73 Å². The fourth-order valence-corrected chi connectivity index (χ4v) is 2.07. The summed E-state index contributed by atoms with van der Waals surface area (Å²) in [5, 5.41) is 10.2. The van der Waals surface area contributed by atoms with Gasteiger partial charge in [0.1, 0.15) is 5.75 Å². The molecule has 3 N–H and O–H groups in total. The molecule has 0 amide bonds. The van der Waals surface area contributed by atoms with Crippen LogP contribution in [0.3, 0.4) is 0 Å². The Hall–Kier alpha value is -1.02. The van der Waals surface area contributed by atoms with E-state index >= 15 is 0 Å². The van der Waals surface area contributed by atoms with Crippen LogP contribution in [0.2, 0.25) is 0 Å². The Morgan fingerprint density at radius 2 is 1.47 bits per heavy atom. The second kappa shape index (κ2) is 7.33. The molecule has 0 aliphatic rings. The van der Waals surface area contributed by atoms with Gasteiger partial charge in [0.25, 0.3) is 0 Å². The fraction of sp³-hybridized carbons (Fsp3) is 0.600. The molecule has 1 aromatic rings. The van der Waals surface area contributed by atoms with Gasteiger partial charge in [-0.1, -0.05) is 38.8 Å². The average Bonchev–Trinajstić information content (AvgIpc) is 2.36. The summed E-state index contributed by atoms with van der Waals surface area (Å²) < 4.78 is 0. The van der Waals surface area contributed by atoms with E-state index in [0.717, 1.165) is 55.2 Å². The molecule has 0 aliphatic carbocycles. The molecule has 96 valence electrons. The molecule has 1 rings (SSSR count). The van der Waals surface area contributed by atoms with Crippen LogP contribution in [0, 0.1) is 0 Å². The third kappa shape index (κ3) is 4.04. The molecular formula is C15H25NO. The highest BCUT2D eigenvalue weighted by atomic mass is 16.3. The first-order chi connectivity index (χ1) is 8.22. The van der Waals surface area contributed by atoms with E-state index in [-0.39, 0.29) is 0 Å². The number of unbranched alkanes of at least 4 members (excludes halogenated alkanes) is 2. The number of nitrogens with two attached hydrogens (primary N) is 1. The summed E-state index contributed by atoms with van der Waals surface area (Å²) in [5.74, 6) is 0.504. The number of rotatable bonds is 7. The Morgan fingerprint density at radius 3 is 1.82 bits per heavy atom. The van der Waals surface area contributed by atoms with Gasteiger partial charge in [0.15, 0.2) is 0 Å². The minimum Gasteiger partial charge on any atom is -0.507 e. The van der Waals surface area contributed by atoms with Gasteiger partial charge in [-0.2, -0.15) is 0 Å². The predicted octanol–water partition coefficient (Wildman–Crippen LogP) is 3.54. The lowest BCUT2D eigenvalue weighted by Gasteiger charge is -2.12. The van der Waals surface area contributed by atoms with Crippen molar-refractivity contribution in [3.05, 3.63) is 28.8 Å². The second-order valence-electron chi connectivity index (χ2n) is 4.67. The van der Waals surface area contributed by atoms with Crippen molar-refractivity contribution in [2.75, 3.05) is 0 Å². The lowest BCUT2D eigenvalue weighted by molar-refractivity contribution is 0.458. The molecule has 0 fully saturated rings. The highest BCUT2D eigenvalue weighted by molar-refractivity contribution is 5.44. The normalized spacial score (nSPS) is 10.8. The molecule has 0 saturated heterocycles. The van der Waals surface area contributed by atoms with Crippen molar-refractivity contribution in [2.45, 2.75) is 58.9 Å². The Kier molecular flexibility index (Phi) is 6.06. The second-order valence-corrected chi connectivity index (χ2v) is 4.67. The largest absolute Gasteiger partial charge is 0.507 e. The number of aromatic hydroxyl groups is 1. The summed E-state index contributed by atoms with van der Waals surface area (Å²) in [7, 11) is 0. The van der Waals surface area contributed by atoms with Crippen molar-refractivity contribution in [1.82, 2.24) is 0 Å². The molecule has 0 radical (unpaired) electrons. The maximum absolute atomic E-state index is 10.2. The number of phenolic OH excluding ortho intramolecular Hbond substituents is 1. The maximum Gasteiger partial charge on any atom is 0.121 e. The molecule has 0 bridgehead atoms. The molecule has 0 aliphatic heterocycles. The Bertz CT molecular complexity index is 318. The molecule has 2 nitrogen and oxygen atoms in total. The van der Waals surface area contributed by atoms with Crippen LogP contribution in [0.15, 0.2) is 12.1 Å². The molecule has 0 spiro atoms. The first kappa shape index (κ1) is 14.0. The smallest absolute Gasteiger partial charge is 0.121 e. The van der Waals surface area contributed by atoms with Gasteiger partial charge in [-0.15, -0.1) is 0 Å². The molecule has 0 saturated carbocycles. The van der Waals surface area contributed by atoms with E-state index < -0.39 is 0 Å². The first-order valence-corrected chi connectivity index (χ1v) is 6.76. The molecular weight excluding hydrogens is 210 g/mol. The third-order valence-electron chi connectivity index (χ3n) is 3.16. The number of aryl methyl sites for hydroxylation is 2. The lowest BCUT2D eigenvalue weighted by Crippen LogP contribution is -2.01. The molecule has 1 aromatic carbocycles. The van der Waals surface area contributed by atoms with Crippen LogP contribution < -0.4 is 5.73 Å². The van der Waals surface area contributed by atoms with Crippen molar-refractivity contribution in [3.8, 4) is 5.75 Å². The standard InChI is InChI=1S/C15H25NO/c1-3-5-7-13-9-12(11-16)10-14(15(13)17)8-6-4-2/h9-10,17H,3-8,11,16H2,1-2H3. The van der Waals surface area contributed by atoms with Gasteiger partial charge < -0.3 is 10.8 Å². The zero-order valence-corrected chi connectivity index (χ0v) is 11.1. The minimum absolute atomic E-state index is 0.504. The SMILES string of the molecule is CCCCc1cc(CN)cc(CCCC)c1O.